The first-order valence-electron chi connectivity index (χ1n) is 8.31. The number of thiophene rings is 1. The van der Waals surface area contributed by atoms with Gasteiger partial charge in [0, 0.05) is 32.1 Å². The molecule has 3 rings (SSSR count). The lowest BCUT2D eigenvalue weighted by atomic mass is 10.1. The fourth-order valence-electron chi connectivity index (χ4n) is 2.78. The minimum absolute atomic E-state index is 0.0121. The van der Waals surface area contributed by atoms with Crippen LogP contribution in [0.4, 0.5) is 5.69 Å². The van der Waals surface area contributed by atoms with Gasteiger partial charge >= 0.3 is 0 Å². The number of nitrogens with zero attached hydrogens (tertiary/aromatic N) is 4. The molecule has 0 aliphatic carbocycles. The van der Waals surface area contributed by atoms with E-state index in [-0.39, 0.29) is 36.2 Å². The summed E-state index contributed by atoms with van der Waals surface area (Å²) in [5.74, 6) is -0.161. The molecule has 1 aromatic carbocycles. The molecule has 3 aromatic rings. The van der Waals surface area contributed by atoms with E-state index in [2.05, 4.69) is 4.98 Å². The Bertz CT molecular complexity index is 1060. The van der Waals surface area contributed by atoms with Gasteiger partial charge in [-0.2, -0.15) is 0 Å². The summed E-state index contributed by atoms with van der Waals surface area (Å²) in [5.41, 5.74) is 0.504. The third kappa shape index (κ3) is 3.87. The Kier molecular flexibility index (Phi) is 5.31. The Morgan fingerprint density at radius 3 is 2.93 bits per heavy atom. The quantitative estimate of drug-likeness (QED) is 0.479. The number of nitro benzene ring substituents is 1. The van der Waals surface area contributed by atoms with E-state index in [1.54, 1.807) is 25.2 Å². The summed E-state index contributed by atoms with van der Waals surface area (Å²) in [7, 11) is 1.65. The van der Waals surface area contributed by atoms with Gasteiger partial charge in [0.05, 0.1) is 22.7 Å². The zero-order valence-electron chi connectivity index (χ0n) is 14.9. The number of amides is 1. The molecule has 27 heavy (non-hydrogen) atoms. The van der Waals surface area contributed by atoms with Crippen molar-refractivity contribution in [1.29, 1.82) is 0 Å². The normalized spacial score (nSPS) is 12.1. The van der Waals surface area contributed by atoms with Crippen molar-refractivity contribution >= 4 is 33.1 Å². The Balaban J connectivity index is 1.69. The monoisotopic (exact) mass is 386 g/mol. The molecular formula is C18H18N4O4S. The van der Waals surface area contributed by atoms with E-state index in [0.717, 1.165) is 0 Å². The SMILES string of the molecule is C[C@H](c1cccc([N+](=O)[O-])c1)N(C)C(=O)CCn1cnc2sccc2c1=O. The number of hydrogen-bond acceptors (Lipinski definition) is 6. The van der Waals surface area contributed by atoms with Crippen molar-refractivity contribution in [2.24, 2.45) is 0 Å². The van der Waals surface area contributed by atoms with E-state index in [0.29, 0.717) is 15.8 Å². The van der Waals surface area contributed by atoms with Crippen molar-refractivity contribution in [3.8, 4) is 0 Å². The number of non-ortho nitro benzene ring substituents is 1. The van der Waals surface area contributed by atoms with Gasteiger partial charge in [0.25, 0.3) is 11.2 Å². The van der Waals surface area contributed by atoms with Crippen molar-refractivity contribution in [3.63, 3.8) is 0 Å². The number of benzene rings is 1. The van der Waals surface area contributed by atoms with E-state index >= 15 is 0 Å². The van der Waals surface area contributed by atoms with Crippen molar-refractivity contribution in [1.82, 2.24) is 14.5 Å². The molecule has 0 unspecified atom stereocenters. The molecule has 0 saturated heterocycles. The molecule has 140 valence electrons. The summed E-state index contributed by atoms with van der Waals surface area (Å²) < 4.78 is 1.43. The Labute approximate surface area is 158 Å². The maximum Gasteiger partial charge on any atom is 0.269 e. The number of fused-ring (bicyclic) bond motifs is 1. The second-order valence-electron chi connectivity index (χ2n) is 6.17. The molecule has 0 radical (unpaired) electrons. The maximum atomic E-state index is 12.5. The fourth-order valence-corrected chi connectivity index (χ4v) is 3.51. The summed E-state index contributed by atoms with van der Waals surface area (Å²) in [6.07, 6.45) is 1.59. The van der Waals surface area contributed by atoms with Gasteiger partial charge in [-0.3, -0.25) is 24.3 Å². The lowest BCUT2D eigenvalue weighted by Crippen LogP contribution is -2.31. The van der Waals surface area contributed by atoms with Crippen LogP contribution in [-0.2, 0) is 11.3 Å². The molecule has 0 bridgehead atoms. The number of carbonyl (C=O) groups is 1. The van der Waals surface area contributed by atoms with Gasteiger partial charge in [-0.15, -0.1) is 11.3 Å². The molecular weight excluding hydrogens is 368 g/mol. The Hall–Kier alpha value is -3.07. The minimum atomic E-state index is -0.460. The van der Waals surface area contributed by atoms with Gasteiger partial charge in [0.2, 0.25) is 5.91 Å². The molecule has 0 saturated carbocycles. The van der Waals surface area contributed by atoms with Crippen LogP contribution in [0.15, 0.2) is 46.8 Å². The van der Waals surface area contributed by atoms with E-state index < -0.39 is 4.92 Å². The predicted molar refractivity (Wildman–Crippen MR) is 103 cm³/mol. The first-order valence-corrected chi connectivity index (χ1v) is 9.19. The van der Waals surface area contributed by atoms with Crippen molar-refractivity contribution < 1.29 is 9.72 Å². The molecule has 2 heterocycles. The second kappa shape index (κ2) is 7.67. The minimum Gasteiger partial charge on any atom is -0.339 e. The predicted octanol–water partition coefficient (Wildman–Crippen LogP) is 2.98. The highest BCUT2D eigenvalue weighted by Gasteiger charge is 2.19. The highest BCUT2D eigenvalue weighted by atomic mass is 32.1. The second-order valence-corrected chi connectivity index (χ2v) is 7.06. The molecule has 2 aromatic heterocycles. The highest BCUT2D eigenvalue weighted by Crippen LogP contribution is 2.23. The number of nitro groups is 1. The first kappa shape index (κ1) is 18.7. The molecule has 0 N–H and O–H groups in total. The third-order valence-corrected chi connectivity index (χ3v) is 5.38. The van der Waals surface area contributed by atoms with Gasteiger partial charge < -0.3 is 4.90 Å². The van der Waals surface area contributed by atoms with Crippen LogP contribution in [0.2, 0.25) is 0 Å². The van der Waals surface area contributed by atoms with Crippen molar-refractivity contribution in [2.45, 2.75) is 25.9 Å². The average Bonchev–Trinajstić information content (AvgIpc) is 3.15. The smallest absolute Gasteiger partial charge is 0.269 e. The molecule has 1 atom stereocenters. The first-order chi connectivity index (χ1) is 12.9. The van der Waals surface area contributed by atoms with Gasteiger partial charge in [0.15, 0.2) is 0 Å². The van der Waals surface area contributed by atoms with Crippen LogP contribution in [0, 0.1) is 10.1 Å². The number of rotatable bonds is 6. The van der Waals surface area contributed by atoms with Gasteiger partial charge in [-0.25, -0.2) is 4.98 Å². The Morgan fingerprint density at radius 2 is 2.19 bits per heavy atom. The zero-order valence-corrected chi connectivity index (χ0v) is 15.7. The third-order valence-electron chi connectivity index (χ3n) is 4.55. The standard InChI is InChI=1S/C18H18N4O4S/c1-12(13-4-3-5-14(10-13)22(25)26)20(2)16(23)6-8-21-11-19-17-15(18(21)24)7-9-27-17/h3-5,7,9-12H,6,8H2,1-2H3/t12-/m1/s1. The number of carbonyl (C=O) groups excluding carboxylic acids is 1. The number of aryl methyl sites for hydroxylation is 1. The molecule has 8 nitrogen and oxygen atoms in total. The van der Waals surface area contributed by atoms with Crippen LogP contribution in [0.1, 0.15) is 24.9 Å². The van der Waals surface area contributed by atoms with Gasteiger partial charge in [-0.1, -0.05) is 12.1 Å². The van der Waals surface area contributed by atoms with Crippen molar-refractivity contribution in [3.05, 3.63) is 68.1 Å². The summed E-state index contributed by atoms with van der Waals surface area (Å²) in [5, 5.41) is 13.3. The van der Waals surface area contributed by atoms with E-state index in [9.17, 15) is 19.7 Å². The molecule has 0 aliphatic rings. The van der Waals surface area contributed by atoms with Crippen molar-refractivity contribution in [2.75, 3.05) is 7.05 Å². The summed E-state index contributed by atoms with van der Waals surface area (Å²) in [6.45, 7) is 2.03. The average molecular weight is 386 g/mol. The molecule has 0 fully saturated rings. The molecule has 1 amide bonds. The maximum absolute atomic E-state index is 12.5. The Morgan fingerprint density at radius 1 is 1.41 bits per heavy atom. The summed E-state index contributed by atoms with van der Waals surface area (Å²) >= 11 is 1.40. The molecule has 0 aliphatic heterocycles. The summed E-state index contributed by atoms with van der Waals surface area (Å²) in [6, 6.07) is 7.63. The van der Waals surface area contributed by atoms with Crippen LogP contribution in [-0.4, -0.2) is 32.3 Å². The largest absolute Gasteiger partial charge is 0.339 e. The molecule has 0 spiro atoms. The van der Waals surface area contributed by atoms with Crippen LogP contribution in [0.25, 0.3) is 10.2 Å². The lowest BCUT2D eigenvalue weighted by molar-refractivity contribution is -0.384. The lowest BCUT2D eigenvalue weighted by Gasteiger charge is -2.25. The van der Waals surface area contributed by atoms with Crippen LogP contribution in [0.5, 0.6) is 0 Å². The van der Waals surface area contributed by atoms with E-state index in [1.807, 2.05) is 12.3 Å². The zero-order chi connectivity index (χ0) is 19.6. The number of hydrogen-bond donors (Lipinski definition) is 0. The van der Waals surface area contributed by atoms with E-state index in [1.165, 1.54) is 39.3 Å². The topological polar surface area (TPSA) is 98.3 Å². The summed E-state index contributed by atoms with van der Waals surface area (Å²) in [4.78, 5) is 41.8. The van der Waals surface area contributed by atoms with Gasteiger partial charge in [0.1, 0.15) is 4.83 Å². The van der Waals surface area contributed by atoms with Crippen LogP contribution < -0.4 is 5.56 Å². The number of aromatic nitrogens is 2. The van der Waals surface area contributed by atoms with Crippen LogP contribution >= 0.6 is 11.3 Å². The van der Waals surface area contributed by atoms with Crippen LogP contribution in [0.3, 0.4) is 0 Å². The van der Waals surface area contributed by atoms with E-state index in [4.69, 9.17) is 0 Å². The highest BCUT2D eigenvalue weighted by molar-refractivity contribution is 7.16. The molecule has 9 heteroatoms. The van der Waals surface area contributed by atoms with Gasteiger partial charge in [-0.05, 0) is 23.9 Å². The fraction of sp³-hybridized carbons (Fsp3) is 0.278.